The van der Waals surface area contributed by atoms with Crippen molar-refractivity contribution in [3.05, 3.63) is 47.1 Å². The number of esters is 1. The molecule has 4 nitrogen and oxygen atoms in total. The Labute approximate surface area is 195 Å². The summed E-state index contributed by atoms with van der Waals surface area (Å²) in [6.07, 6.45) is 8.08. The largest absolute Gasteiger partial charge is 0.507 e. The topological polar surface area (TPSA) is 66.8 Å². The number of rotatable bonds is 10. The van der Waals surface area contributed by atoms with Gasteiger partial charge in [0.2, 0.25) is 0 Å². The SMILES string of the molecule is C=C(C)C1CCC(COC(C)=O)=C[C@@H]1c1c(O)cc(C(C)(C)CCCCCBr)cc1O. The van der Waals surface area contributed by atoms with Crippen LogP contribution in [0.3, 0.4) is 0 Å². The molecule has 2 rings (SSSR count). The van der Waals surface area contributed by atoms with Gasteiger partial charge in [-0.05, 0) is 67.2 Å². The Balaban J connectivity index is 2.35. The zero-order chi connectivity index (χ0) is 23.2. The van der Waals surface area contributed by atoms with E-state index >= 15 is 0 Å². The summed E-state index contributed by atoms with van der Waals surface area (Å²) in [6.45, 7) is 12.1. The van der Waals surface area contributed by atoms with E-state index in [9.17, 15) is 15.0 Å². The van der Waals surface area contributed by atoms with Crippen LogP contribution in [0.25, 0.3) is 0 Å². The standard InChI is InChI=1S/C26H37BrO4/c1-17(2)21-10-9-19(16-31-18(3)28)13-22(21)25-23(29)14-20(15-24(25)30)26(4,5)11-7-6-8-12-27/h13-15,21-22,29-30H,1,6-12,16H2,2-5H3/t21?,22-/m0/s1. The minimum Gasteiger partial charge on any atom is -0.507 e. The van der Waals surface area contributed by atoms with Crippen LogP contribution >= 0.6 is 15.9 Å². The molecule has 31 heavy (non-hydrogen) atoms. The third-order valence-corrected chi connectivity index (χ3v) is 6.97. The lowest BCUT2D eigenvalue weighted by Crippen LogP contribution is -2.21. The molecular weight excluding hydrogens is 456 g/mol. The van der Waals surface area contributed by atoms with Gasteiger partial charge in [-0.3, -0.25) is 4.79 Å². The smallest absolute Gasteiger partial charge is 0.302 e. The number of phenols is 2. The van der Waals surface area contributed by atoms with E-state index < -0.39 is 0 Å². The van der Waals surface area contributed by atoms with Gasteiger partial charge in [0.05, 0.1) is 0 Å². The molecule has 1 aromatic carbocycles. The Kier molecular flexibility index (Phi) is 9.23. The maximum atomic E-state index is 11.2. The number of benzene rings is 1. The zero-order valence-corrected chi connectivity index (χ0v) is 20.9. The lowest BCUT2D eigenvalue weighted by Gasteiger charge is -2.33. The first-order chi connectivity index (χ1) is 14.6. The summed E-state index contributed by atoms with van der Waals surface area (Å²) in [5.41, 5.74) is 3.36. The van der Waals surface area contributed by atoms with Gasteiger partial charge in [-0.25, -0.2) is 0 Å². The first-order valence-electron chi connectivity index (χ1n) is 11.2. The normalized spacial score (nSPS) is 19.1. The van der Waals surface area contributed by atoms with Gasteiger partial charge in [0.1, 0.15) is 18.1 Å². The van der Waals surface area contributed by atoms with Crippen LogP contribution in [-0.4, -0.2) is 28.1 Å². The molecule has 0 saturated heterocycles. The fourth-order valence-electron chi connectivity index (χ4n) is 4.46. The second-order valence-electron chi connectivity index (χ2n) is 9.43. The molecule has 1 aliphatic carbocycles. The molecule has 5 heteroatoms. The number of allylic oxidation sites excluding steroid dienone is 2. The van der Waals surface area contributed by atoms with Gasteiger partial charge in [-0.15, -0.1) is 0 Å². The Hall–Kier alpha value is -1.75. The van der Waals surface area contributed by atoms with Crippen LogP contribution in [0.15, 0.2) is 35.9 Å². The van der Waals surface area contributed by atoms with Gasteiger partial charge < -0.3 is 14.9 Å². The van der Waals surface area contributed by atoms with Crippen molar-refractivity contribution in [2.75, 3.05) is 11.9 Å². The number of hydrogen-bond donors (Lipinski definition) is 2. The number of carbonyl (C=O) groups is 1. The molecule has 1 unspecified atom stereocenters. The highest BCUT2D eigenvalue weighted by Crippen LogP contribution is 2.48. The third-order valence-electron chi connectivity index (χ3n) is 6.41. The third kappa shape index (κ3) is 6.86. The van der Waals surface area contributed by atoms with E-state index in [1.807, 2.05) is 25.1 Å². The molecule has 0 spiro atoms. The lowest BCUT2D eigenvalue weighted by molar-refractivity contribution is -0.140. The first kappa shape index (κ1) is 25.5. The molecule has 1 aliphatic rings. The number of phenolic OH excluding ortho intramolecular Hbond substituents is 2. The number of alkyl halides is 1. The monoisotopic (exact) mass is 492 g/mol. The number of aromatic hydroxyl groups is 2. The quantitative estimate of drug-likeness (QED) is 0.161. The van der Waals surface area contributed by atoms with Crippen molar-refractivity contribution < 1.29 is 19.7 Å². The molecule has 1 aromatic rings. The van der Waals surface area contributed by atoms with E-state index in [2.05, 4.69) is 36.4 Å². The number of halogens is 1. The van der Waals surface area contributed by atoms with E-state index in [0.717, 1.165) is 60.6 Å². The summed E-state index contributed by atoms with van der Waals surface area (Å²) < 4.78 is 5.18. The Bertz CT molecular complexity index is 802. The van der Waals surface area contributed by atoms with Gasteiger partial charge in [0.25, 0.3) is 0 Å². The van der Waals surface area contributed by atoms with Gasteiger partial charge >= 0.3 is 5.97 Å². The average molecular weight is 493 g/mol. The molecule has 0 bridgehead atoms. The maximum absolute atomic E-state index is 11.2. The summed E-state index contributed by atoms with van der Waals surface area (Å²) in [7, 11) is 0. The first-order valence-corrected chi connectivity index (χ1v) is 12.3. The van der Waals surface area contributed by atoms with Crippen LogP contribution in [0.5, 0.6) is 11.5 Å². The van der Waals surface area contributed by atoms with E-state index in [0.29, 0.717) is 5.56 Å². The predicted octanol–water partition coefficient (Wildman–Crippen LogP) is 6.89. The number of hydrogen-bond acceptors (Lipinski definition) is 4. The predicted molar refractivity (Wildman–Crippen MR) is 130 cm³/mol. The second kappa shape index (κ2) is 11.2. The Morgan fingerprint density at radius 3 is 2.39 bits per heavy atom. The molecule has 0 aliphatic heterocycles. The minimum atomic E-state index is -0.312. The van der Waals surface area contributed by atoms with Crippen molar-refractivity contribution in [3.63, 3.8) is 0 Å². The molecule has 0 radical (unpaired) electrons. The second-order valence-corrected chi connectivity index (χ2v) is 10.2. The zero-order valence-electron chi connectivity index (χ0n) is 19.3. The van der Waals surface area contributed by atoms with Crippen LogP contribution in [0, 0.1) is 5.92 Å². The van der Waals surface area contributed by atoms with Crippen LogP contribution in [-0.2, 0) is 14.9 Å². The molecule has 0 amide bonds. The van der Waals surface area contributed by atoms with E-state index in [1.54, 1.807) is 0 Å². The van der Waals surface area contributed by atoms with Crippen LogP contribution in [0.2, 0.25) is 0 Å². The Morgan fingerprint density at radius 1 is 1.19 bits per heavy atom. The number of ether oxygens (including phenoxy) is 1. The molecule has 0 aromatic heterocycles. The molecule has 0 heterocycles. The van der Waals surface area contributed by atoms with Crippen LogP contribution in [0.1, 0.15) is 83.3 Å². The van der Waals surface area contributed by atoms with E-state index in [-0.39, 0.29) is 41.3 Å². The van der Waals surface area contributed by atoms with Gasteiger partial charge in [-0.2, -0.15) is 0 Å². The summed E-state index contributed by atoms with van der Waals surface area (Å²) in [5, 5.41) is 23.0. The summed E-state index contributed by atoms with van der Waals surface area (Å²) >= 11 is 3.47. The van der Waals surface area contributed by atoms with Crippen molar-refractivity contribution in [1.82, 2.24) is 0 Å². The van der Waals surface area contributed by atoms with Gasteiger partial charge in [0.15, 0.2) is 0 Å². The molecule has 0 fully saturated rings. The number of unbranched alkanes of at least 4 members (excludes halogenated alkanes) is 2. The summed E-state index contributed by atoms with van der Waals surface area (Å²) in [5.74, 6) is -0.170. The average Bonchev–Trinajstić information content (AvgIpc) is 2.69. The maximum Gasteiger partial charge on any atom is 0.302 e. The minimum absolute atomic E-state index is 0.112. The van der Waals surface area contributed by atoms with Crippen molar-refractivity contribution in [1.29, 1.82) is 0 Å². The van der Waals surface area contributed by atoms with E-state index in [4.69, 9.17) is 4.74 Å². The lowest BCUT2D eigenvalue weighted by atomic mass is 9.72. The van der Waals surface area contributed by atoms with Crippen molar-refractivity contribution >= 4 is 21.9 Å². The van der Waals surface area contributed by atoms with Gasteiger partial charge in [0, 0.05) is 23.7 Å². The number of carbonyl (C=O) groups excluding carboxylic acids is 1. The van der Waals surface area contributed by atoms with Crippen LogP contribution < -0.4 is 0 Å². The van der Waals surface area contributed by atoms with Crippen molar-refractivity contribution in [2.45, 2.75) is 77.6 Å². The highest BCUT2D eigenvalue weighted by Gasteiger charge is 2.32. The molecular formula is C26H37BrO4. The highest BCUT2D eigenvalue weighted by molar-refractivity contribution is 9.09. The molecule has 0 saturated carbocycles. The van der Waals surface area contributed by atoms with Gasteiger partial charge in [-0.1, -0.05) is 60.8 Å². The molecule has 2 atom stereocenters. The fraction of sp³-hybridized carbons (Fsp3) is 0.577. The summed E-state index contributed by atoms with van der Waals surface area (Å²) in [4.78, 5) is 11.2. The van der Waals surface area contributed by atoms with Crippen molar-refractivity contribution in [2.24, 2.45) is 5.92 Å². The van der Waals surface area contributed by atoms with Crippen LogP contribution in [0.4, 0.5) is 0 Å². The highest BCUT2D eigenvalue weighted by atomic mass is 79.9. The molecule has 172 valence electrons. The fourth-order valence-corrected chi connectivity index (χ4v) is 4.86. The molecule has 2 N–H and O–H groups in total. The summed E-state index contributed by atoms with van der Waals surface area (Å²) in [6, 6.07) is 3.62. The van der Waals surface area contributed by atoms with E-state index in [1.165, 1.54) is 6.92 Å². The Morgan fingerprint density at radius 2 is 1.84 bits per heavy atom. The van der Waals surface area contributed by atoms with Crippen molar-refractivity contribution in [3.8, 4) is 11.5 Å².